The first-order valence-corrected chi connectivity index (χ1v) is 10.9. The standard InChI is InChI=1S/C24H30FN3O2/c1-29-19-5-2-17(3-6-19)14-27-15-21-20(22(21)16-27)13-26-18-4-7-24(23(25)12-18)28-8-10-30-11-9-28/h2-7,12,20-22,26H,8-11,13-16H2,1H3. The van der Waals surface area contributed by atoms with E-state index in [-0.39, 0.29) is 5.82 Å². The Kier molecular flexibility index (Phi) is 5.52. The number of anilines is 2. The van der Waals surface area contributed by atoms with Crippen molar-refractivity contribution in [3.63, 3.8) is 0 Å². The molecule has 2 saturated heterocycles. The normalized spacial score (nSPS) is 25.8. The Morgan fingerprint density at radius 3 is 2.47 bits per heavy atom. The number of piperidine rings is 1. The molecule has 2 unspecified atom stereocenters. The molecule has 2 aromatic rings. The summed E-state index contributed by atoms with van der Waals surface area (Å²) in [5.41, 5.74) is 2.90. The highest BCUT2D eigenvalue weighted by molar-refractivity contribution is 5.56. The number of hydrogen-bond acceptors (Lipinski definition) is 5. The third-order valence-electron chi connectivity index (χ3n) is 6.85. The third kappa shape index (κ3) is 4.12. The van der Waals surface area contributed by atoms with E-state index in [9.17, 15) is 4.39 Å². The highest BCUT2D eigenvalue weighted by Gasteiger charge is 2.54. The van der Waals surface area contributed by atoms with Gasteiger partial charge in [-0.1, -0.05) is 12.1 Å². The summed E-state index contributed by atoms with van der Waals surface area (Å²) in [4.78, 5) is 4.61. The molecule has 6 heteroatoms. The Bertz CT molecular complexity index is 857. The third-order valence-corrected chi connectivity index (χ3v) is 6.85. The average molecular weight is 412 g/mol. The Balaban J connectivity index is 1.08. The molecule has 0 amide bonds. The van der Waals surface area contributed by atoms with Crippen LogP contribution < -0.4 is 15.0 Å². The van der Waals surface area contributed by atoms with Gasteiger partial charge < -0.3 is 19.7 Å². The molecule has 5 nitrogen and oxygen atoms in total. The highest BCUT2D eigenvalue weighted by Crippen LogP contribution is 2.51. The molecule has 2 heterocycles. The van der Waals surface area contributed by atoms with Crippen molar-refractivity contribution in [2.45, 2.75) is 6.54 Å². The molecule has 0 bridgehead atoms. The number of nitrogens with one attached hydrogen (secondary N) is 1. The van der Waals surface area contributed by atoms with Gasteiger partial charge >= 0.3 is 0 Å². The van der Waals surface area contributed by atoms with Crippen LogP contribution in [0.1, 0.15) is 5.56 Å². The zero-order valence-electron chi connectivity index (χ0n) is 17.5. The molecule has 0 radical (unpaired) electrons. The summed E-state index contributed by atoms with van der Waals surface area (Å²) in [6.07, 6.45) is 0. The van der Waals surface area contributed by atoms with E-state index in [4.69, 9.17) is 9.47 Å². The molecule has 0 aromatic heterocycles. The van der Waals surface area contributed by atoms with E-state index >= 15 is 0 Å². The first-order valence-electron chi connectivity index (χ1n) is 10.9. The lowest BCUT2D eigenvalue weighted by molar-refractivity contribution is 0.122. The van der Waals surface area contributed by atoms with Crippen LogP contribution in [-0.4, -0.2) is 57.9 Å². The molecule has 0 spiro atoms. The van der Waals surface area contributed by atoms with Crippen LogP contribution in [-0.2, 0) is 11.3 Å². The SMILES string of the molecule is COc1ccc(CN2CC3C(CNc4ccc(N5CCOCC5)c(F)c4)C3C2)cc1. The van der Waals surface area contributed by atoms with E-state index in [1.54, 1.807) is 13.2 Å². The quantitative estimate of drug-likeness (QED) is 0.755. The predicted molar refractivity (Wildman–Crippen MR) is 117 cm³/mol. The minimum Gasteiger partial charge on any atom is -0.497 e. The van der Waals surface area contributed by atoms with Gasteiger partial charge in [-0.3, -0.25) is 4.90 Å². The van der Waals surface area contributed by atoms with Gasteiger partial charge in [-0.2, -0.15) is 0 Å². The van der Waals surface area contributed by atoms with Crippen LogP contribution in [0.3, 0.4) is 0 Å². The molecule has 3 fully saturated rings. The van der Waals surface area contributed by atoms with E-state index in [1.165, 1.54) is 5.56 Å². The number of likely N-dealkylation sites (tertiary alicyclic amines) is 1. The first kappa shape index (κ1) is 19.6. The lowest BCUT2D eigenvalue weighted by Crippen LogP contribution is -2.36. The highest BCUT2D eigenvalue weighted by atomic mass is 19.1. The van der Waals surface area contributed by atoms with Gasteiger partial charge in [0, 0.05) is 45.0 Å². The first-order chi connectivity index (χ1) is 14.7. The van der Waals surface area contributed by atoms with Crippen molar-refractivity contribution in [3.05, 3.63) is 53.8 Å². The Labute approximate surface area is 177 Å². The maximum absolute atomic E-state index is 14.6. The monoisotopic (exact) mass is 411 g/mol. The van der Waals surface area contributed by atoms with Crippen molar-refractivity contribution in [3.8, 4) is 5.75 Å². The summed E-state index contributed by atoms with van der Waals surface area (Å²) in [5.74, 6) is 3.01. The number of benzene rings is 2. The lowest BCUT2D eigenvalue weighted by Gasteiger charge is -2.29. The van der Waals surface area contributed by atoms with Crippen LogP contribution in [0.2, 0.25) is 0 Å². The van der Waals surface area contributed by atoms with Crippen molar-refractivity contribution in [1.29, 1.82) is 0 Å². The van der Waals surface area contributed by atoms with Gasteiger partial charge in [0.1, 0.15) is 11.6 Å². The Hall–Kier alpha value is -2.31. The van der Waals surface area contributed by atoms with E-state index in [1.807, 2.05) is 24.3 Å². The van der Waals surface area contributed by atoms with Gasteiger partial charge in [-0.05, 0) is 53.6 Å². The fourth-order valence-electron chi connectivity index (χ4n) is 5.07. The number of hydrogen-bond donors (Lipinski definition) is 1. The predicted octanol–water partition coefficient (Wildman–Crippen LogP) is 3.46. The van der Waals surface area contributed by atoms with Crippen LogP contribution in [0.4, 0.5) is 15.8 Å². The van der Waals surface area contributed by atoms with Crippen molar-refractivity contribution in [1.82, 2.24) is 4.90 Å². The van der Waals surface area contributed by atoms with Gasteiger partial charge in [0.15, 0.2) is 0 Å². The summed E-state index contributed by atoms with van der Waals surface area (Å²) in [5, 5.41) is 3.47. The fraction of sp³-hybridized carbons (Fsp3) is 0.500. The van der Waals surface area contributed by atoms with Crippen LogP contribution in [0, 0.1) is 23.6 Å². The van der Waals surface area contributed by atoms with Crippen molar-refractivity contribution in [2.24, 2.45) is 17.8 Å². The van der Waals surface area contributed by atoms with Crippen LogP contribution in [0.25, 0.3) is 0 Å². The van der Waals surface area contributed by atoms with Gasteiger partial charge in [-0.25, -0.2) is 4.39 Å². The van der Waals surface area contributed by atoms with E-state index in [2.05, 4.69) is 27.2 Å². The number of methoxy groups -OCH3 is 1. The second-order valence-electron chi connectivity index (χ2n) is 8.68. The molecule has 30 heavy (non-hydrogen) atoms. The second kappa shape index (κ2) is 8.44. The molecule has 2 aromatic carbocycles. The molecule has 3 aliphatic rings. The summed E-state index contributed by atoms with van der Waals surface area (Å²) >= 11 is 0. The van der Waals surface area contributed by atoms with Gasteiger partial charge in [-0.15, -0.1) is 0 Å². The van der Waals surface area contributed by atoms with Crippen LogP contribution in [0.15, 0.2) is 42.5 Å². The Morgan fingerprint density at radius 2 is 1.80 bits per heavy atom. The molecule has 1 saturated carbocycles. The topological polar surface area (TPSA) is 37.0 Å². The molecule has 2 atom stereocenters. The molecule has 1 aliphatic carbocycles. The van der Waals surface area contributed by atoms with Crippen molar-refractivity contribution < 1.29 is 13.9 Å². The number of halogens is 1. The molecule has 160 valence electrons. The zero-order valence-corrected chi connectivity index (χ0v) is 17.5. The van der Waals surface area contributed by atoms with E-state index in [0.717, 1.165) is 62.5 Å². The molecule has 5 rings (SSSR count). The van der Waals surface area contributed by atoms with Gasteiger partial charge in [0.05, 0.1) is 26.0 Å². The summed E-state index contributed by atoms with van der Waals surface area (Å²) in [7, 11) is 1.70. The molecular weight excluding hydrogens is 381 g/mol. The van der Waals surface area contributed by atoms with Crippen LogP contribution >= 0.6 is 0 Å². The fourth-order valence-corrected chi connectivity index (χ4v) is 5.07. The minimum atomic E-state index is -0.149. The van der Waals surface area contributed by atoms with Crippen LogP contribution in [0.5, 0.6) is 5.75 Å². The van der Waals surface area contributed by atoms with Crippen molar-refractivity contribution >= 4 is 11.4 Å². The number of fused-ring (bicyclic) bond motifs is 1. The minimum absolute atomic E-state index is 0.149. The molecule has 1 N–H and O–H groups in total. The van der Waals surface area contributed by atoms with Crippen molar-refractivity contribution in [2.75, 3.05) is 63.3 Å². The maximum atomic E-state index is 14.6. The molecular formula is C24H30FN3O2. The maximum Gasteiger partial charge on any atom is 0.148 e. The largest absolute Gasteiger partial charge is 0.497 e. The average Bonchev–Trinajstić information content (AvgIpc) is 3.24. The van der Waals surface area contributed by atoms with Gasteiger partial charge in [0.25, 0.3) is 0 Å². The number of rotatable bonds is 7. The smallest absolute Gasteiger partial charge is 0.148 e. The number of morpholine rings is 1. The number of nitrogens with zero attached hydrogens (tertiary/aromatic N) is 2. The second-order valence-corrected chi connectivity index (χ2v) is 8.68. The van der Waals surface area contributed by atoms with E-state index < -0.39 is 0 Å². The summed E-state index contributed by atoms with van der Waals surface area (Å²) in [6, 6.07) is 13.9. The Morgan fingerprint density at radius 1 is 1.07 bits per heavy atom. The lowest BCUT2D eigenvalue weighted by atomic mass is 10.2. The number of ether oxygens (including phenoxy) is 2. The zero-order chi connectivity index (χ0) is 20.5. The van der Waals surface area contributed by atoms with E-state index in [0.29, 0.717) is 24.8 Å². The molecule has 2 aliphatic heterocycles. The summed E-state index contributed by atoms with van der Waals surface area (Å²) < 4.78 is 25.2. The summed E-state index contributed by atoms with van der Waals surface area (Å²) in [6.45, 7) is 7.09. The van der Waals surface area contributed by atoms with Gasteiger partial charge in [0.2, 0.25) is 0 Å².